The van der Waals surface area contributed by atoms with Gasteiger partial charge in [0.25, 0.3) is 0 Å². The lowest BCUT2D eigenvalue weighted by molar-refractivity contribution is -0.133. The summed E-state index contributed by atoms with van der Waals surface area (Å²) < 4.78 is 18.0. The van der Waals surface area contributed by atoms with Crippen molar-refractivity contribution in [1.82, 2.24) is 0 Å². The van der Waals surface area contributed by atoms with Crippen molar-refractivity contribution in [3.63, 3.8) is 0 Å². The molecule has 0 heterocycles. The molecule has 0 saturated heterocycles. The zero-order valence-electron chi connectivity index (χ0n) is 13.1. The van der Waals surface area contributed by atoms with E-state index in [0.29, 0.717) is 0 Å². The van der Waals surface area contributed by atoms with Crippen LogP contribution in [0.15, 0.2) is 42.5 Å². The van der Waals surface area contributed by atoms with Crippen LogP contribution in [0.5, 0.6) is 0 Å². The molecule has 2 aromatic carbocycles. The Morgan fingerprint density at radius 3 is 2.44 bits per heavy atom. The maximum atomic E-state index is 13.1. The third-order valence-corrected chi connectivity index (χ3v) is 3.34. The summed E-state index contributed by atoms with van der Waals surface area (Å²) in [6, 6.07) is 9.62. The van der Waals surface area contributed by atoms with Crippen LogP contribution in [0.4, 0.5) is 15.8 Å². The molecule has 0 spiro atoms. The van der Waals surface area contributed by atoms with Crippen LogP contribution in [0.3, 0.4) is 0 Å². The first-order valence-electron chi connectivity index (χ1n) is 7.26. The Bertz CT molecular complexity index is 826. The molecule has 0 saturated carbocycles. The molecule has 25 heavy (non-hydrogen) atoms. The average molecular weight is 365 g/mol. The molecule has 2 N–H and O–H groups in total. The number of rotatable bonds is 4. The van der Waals surface area contributed by atoms with E-state index in [9.17, 15) is 18.8 Å². The van der Waals surface area contributed by atoms with E-state index >= 15 is 0 Å². The second kappa shape index (κ2) is 8.25. The van der Waals surface area contributed by atoms with Gasteiger partial charge in [-0.1, -0.05) is 23.7 Å². The van der Waals surface area contributed by atoms with Gasteiger partial charge in [0.15, 0.2) is 0 Å². The van der Waals surface area contributed by atoms with Crippen LogP contribution in [-0.4, -0.2) is 24.4 Å². The first kappa shape index (κ1) is 18.4. The molecule has 0 aromatic heterocycles. The van der Waals surface area contributed by atoms with Gasteiger partial charge >= 0.3 is 17.8 Å². The van der Waals surface area contributed by atoms with Gasteiger partial charge in [0, 0.05) is 5.69 Å². The van der Waals surface area contributed by atoms with Crippen molar-refractivity contribution in [2.24, 2.45) is 0 Å². The van der Waals surface area contributed by atoms with Crippen LogP contribution in [0.1, 0.15) is 17.3 Å². The maximum absolute atomic E-state index is 13.1. The summed E-state index contributed by atoms with van der Waals surface area (Å²) in [4.78, 5) is 35.8. The summed E-state index contributed by atoms with van der Waals surface area (Å²) in [6.07, 6.45) is 0. The highest BCUT2D eigenvalue weighted by molar-refractivity contribution is 6.44. The Morgan fingerprint density at radius 2 is 1.76 bits per heavy atom. The van der Waals surface area contributed by atoms with E-state index in [0.717, 1.165) is 6.07 Å². The molecule has 0 atom stereocenters. The fraction of sp³-hybridized carbons (Fsp3) is 0.118. The lowest BCUT2D eigenvalue weighted by atomic mass is 10.2. The second-order valence-electron chi connectivity index (χ2n) is 4.80. The Balaban J connectivity index is 2.10. The Labute approximate surface area is 147 Å². The molecular weight excluding hydrogens is 351 g/mol. The number of esters is 1. The number of halogens is 2. The average Bonchev–Trinajstić information content (AvgIpc) is 2.58. The summed E-state index contributed by atoms with van der Waals surface area (Å²) in [7, 11) is 0. The molecule has 2 rings (SSSR count). The first-order valence-corrected chi connectivity index (χ1v) is 7.63. The van der Waals surface area contributed by atoms with Gasteiger partial charge in [-0.05, 0) is 37.3 Å². The molecule has 0 aliphatic rings. The Morgan fingerprint density at radius 1 is 1.08 bits per heavy atom. The number of hydrogen-bond donors (Lipinski definition) is 2. The molecule has 6 nitrogen and oxygen atoms in total. The van der Waals surface area contributed by atoms with E-state index in [4.69, 9.17) is 16.3 Å². The van der Waals surface area contributed by atoms with Crippen LogP contribution in [0.25, 0.3) is 0 Å². The number of amides is 2. The molecule has 0 radical (unpaired) electrons. The van der Waals surface area contributed by atoms with E-state index in [1.165, 1.54) is 24.3 Å². The highest BCUT2D eigenvalue weighted by Gasteiger charge is 2.19. The van der Waals surface area contributed by atoms with Crippen LogP contribution in [0, 0.1) is 5.82 Å². The molecule has 0 bridgehead atoms. The highest BCUT2D eigenvalue weighted by atomic mass is 35.5. The predicted octanol–water partition coefficient (Wildman–Crippen LogP) is 3.23. The Hall–Kier alpha value is -2.93. The van der Waals surface area contributed by atoms with Gasteiger partial charge in [-0.15, -0.1) is 0 Å². The standard InChI is InChI=1S/C17H14ClFN2O4/c1-2-25-17(24)11-5-3-4-6-14(11)21-16(23)15(22)20-10-7-8-13(19)12(18)9-10/h3-9H,2H2,1H3,(H,20,22)(H,21,23). The topological polar surface area (TPSA) is 84.5 Å². The van der Waals surface area contributed by atoms with E-state index in [-0.39, 0.29) is 28.6 Å². The monoisotopic (exact) mass is 364 g/mol. The number of carbonyl (C=O) groups excluding carboxylic acids is 3. The van der Waals surface area contributed by atoms with Gasteiger partial charge in [-0.3, -0.25) is 9.59 Å². The quantitative estimate of drug-likeness (QED) is 0.644. The van der Waals surface area contributed by atoms with Crippen molar-refractivity contribution < 1.29 is 23.5 Å². The fourth-order valence-electron chi connectivity index (χ4n) is 1.92. The largest absolute Gasteiger partial charge is 0.462 e. The molecular formula is C17H14ClFN2O4. The van der Waals surface area contributed by atoms with Crippen molar-refractivity contribution in [1.29, 1.82) is 0 Å². The van der Waals surface area contributed by atoms with Gasteiger partial charge in [0.2, 0.25) is 0 Å². The van der Waals surface area contributed by atoms with Crippen LogP contribution in [0.2, 0.25) is 5.02 Å². The van der Waals surface area contributed by atoms with E-state index in [1.54, 1.807) is 19.1 Å². The van der Waals surface area contributed by atoms with Crippen LogP contribution in [-0.2, 0) is 14.3 Å². The number of benzene rings is 2. The third kappa shape index (κ3) is 4.77. The molecule has 2 amide bonds. The zero-order chi connectivity index (χ0) is 18.4. The van der Waals surface area contributed by atoms with E-state index in [2.05, 4.69) is 10.6 Å². The SMILES string of the molecule is CCOC(=O)c1ccccc1NC(=O)C(=O)Nc1ccc(F)c(Cl)c1. The van der Waals surface area contributed by atoms with Gasteiger partial charge in [0.1, 0.15) is 5.82 Å². The molecule has 0 aliphatic heterocycles. The molecule has 0 unspecified atom stereocenters. The minimum Gasteiger partial charge on any atom is -0.462 e. The van der Waals surface area contributed by atoms with Crippen LogP contribution < -0.4 is 10.6 Å². The number of hydrogen-bond acceptors (Lipinski definition) is 4. The highest BCUT2D eigenvalue weighted by Crippen LogP contribution is 2.20. The normalized spacial score (nSPS) is 10.0. The number of ether oxygens (including phenoxy) is 1. The minimum absolute atomic E-state index is 0.121. The van der Waals surface area contributed by atoms with Gasteiger partial charge < -0.3 is 15.4 Å². The predicted molar refractivity (Wildman–Crippen MR) is 91.1 cm³/mol. The van der Waals surface area contributed by atoms with Crippen molar-refractivity contribution >= 4 is 40.8 Å². The number of carbonyl (C=O) groups is 3. The Kier molecular flexibility index (Phi) is 6.08. The van der Waals surface area contributed by atoms with E-state index in [1.807, 2.05) is 0 Å². The first-order chi connectivity index (χ1) is 11.9. The lowest BCUT2D eigenvalue weighted by Crippen LogP contribution is -2.29. The molecule has 8 heteroatoms. The summed E-state index contributed by atoms with van der Waals surface area (Å²) in [5, 5.41) is 4.43. The number of para-hydroxylation sites is 1. The summed E-state index contributed by atoms with van der Waals surface area (Å²) >= 11 is 5.61. The van der Waals surface area contributed by atoms with Gasteiger partial charge in [0.05, 0.1) is 22.9 Å². The molecule has 0 aliphatic carbocycles. The van der Waals surface area contributed by atoms with Crippen molar-refractivity contribution in [2.75, 3.05) is 17.2 Å². The second-order valence-corrected chi connectivity index (χ2v) is 5.21. The van der Waals surface area contributed by atoms with Crippen molar-refractivity contribution in [2.45, 2.75) is 6.92 Å². The fourth-order valence-corrected chi connectivity index (χ4v) is 2.10. The summed E-state index contributed by atoms with van der Waals surface area (Å²) in [6.45, 7) is 1.83. The molecule has 0 fully saturated rings. The van der Waals surface area contributed by atoms with Gasteiger partial charge in [-0.2, -0.15) is 0 Å². The van der Waals surface area contributed by atoms with E-state index < -0.39 is 23.6 Å². The smallest absolute Gasteiger partial charge is 0.340 e. The number of nitrogens with one attached hydrogen (secondary N) is 2. The summed E-state index contributed by atoms with van der Waals surface area (Å²) in [5.41, 5.74) is 0.416. The summed E-state index contributed by atoms with van der Waals surface area (Å²) in [5.74, 6) is -3.27. The number of anilines is 2. The lowest BCUT2D eigenvalue weighted by Gasteiger charge is -2.10. The molecule has 2 aromatic rings. The van der Waals surface area contributed by atoms with Crippen LogP contribution >= 0.6 is 11.6 Å². The third-order valence-electron chi connectivity index (χ3n) is 3.05. The minimum atomic E-state index is -1.00. The van der Waals surface area contributed by atoms with Crippen molar-refractivity contribution in [3.05, 3.63) is 58.9 Å². The molecule has 130 valence electrons. The zero-order valence-corrected chi connectivity index (χ0v) is 13.9. The maximum Gasteiger partial charge on any atom is 0.340 e. The van der Waals surface area contributed by atoms with Gasteiger partial charge in [-0.25, -0.2) is 9.18 Å². The van der Waals surface area contributed by atoms with Crippen molar-refractivity contribution in [3.8, 4) is 0 Å².